The predicted molar refractivity (Wildman–Crippen MR) is 107 cm³/mol. The predicted octanol–water partition coefficient (Wildman–Crippen LogP) is 1.53. The van der Waals surface area contributed by atoms with Crippen LogP contribution in [0.5, 0.6) is 0 Å². The highest BCUT2D eigenvalue weighted by molar-refractivity contribution is 5.92. The van der Waals surface area contributed by atoms with E-state index in [0.717, 1.165) is 0 Å². The molecule has 0 bridgehead atoms. The van der Waals surface area contributed by atoms with Crippen molar-refractivity contribution in [2.45, 2.75) is 51.9 Å². The molecule has 1 aliphatic carbocycles. The molecule has 2 N–H and O–H groups in total. The smallest absolute Gasteiger partial charge is 0.334 e. The summed E-state index contributed by atoms with van der Waals surface area (Å²) in [5.74, 6) is -2.84. The molecule has 0 saturated carbocycles. The monoisotopic (exact) mass is 420 g/mol. The Morgan fingerprint density at radius 2 is 1.97 bits per heavy atom. The van der Waals surface area contributed by atoms with Crippen LogP contribution in [0.1, 0.15) is 33.6 Å². The van der Waals surface area contributed by atoms with Gasteiger partial charge in [-0.15, -0.1) is 0 Å². The van der Waals surface area contributed by atoms with Gasteiger partial charge < -0.3 is 24.4 Å². The first-order valence-corrected chi connectivity index (χ1v) is 9.74. The van der Waals surface area contributed by atoms with Crippen LogP contribution in [0, 0.1) is 5.92 Å². The van der Waals surface area contributed by atoms with E-state index < -0.39 is 48.7 Å². The van der Waals surface area contributed by atoms with Gasteiger partial charge in [0, 0.05) is 18.1 Å². The quantitative estimate of drug-likeness (QED) is 0.297. The maximum absolute atomic E-state index is 12.6. The maximum Gasteiger partial charge on any atom is 0.334 e. The molecule has 1 aliphatic heterocycles. The molecule has 2 rings (SSSR count). The molecular weight excluding hydrogens is 392 g/mol. The summed E-state index contributed by atoms with van der Waals surface area (Å²) >= 11 is 0. The maximum atomic E-state index is 12.6. The zero-order chi connectivity index (χ0) is 22.4. The van der Waals surface area contributed by atoms with Crippen LogP contribution in [0.4, 0.5) is 0 Å². The summed E-state index contributed by atoms with van der Waals surface area (Å²) in [5, 5.41) is 19.6. The second kappa shape index (κ2) is 10.4. The average molecular weight is 420 g/mol. The normalized spacial score (nSPS) is 30.9. The topological polar surface area (TPSA) is 119 Å². The summed E-state index contributed by atoms with van der Waals surface area (Å²) in [5.41, 5.74) is 1.33. The van der Waals surface area contributed by atoms with Crippen LogP contribution in [0.2, 0.25) is 0 Å². The number of carbonyl (C=O) groups is 3. The Kier molecular flexibility index (Phi) is 8.14. The number of ether oxygens (including phenoxy) is 3. The van der Waals surface area contributed by atoms with Gasteiger partial charge in [0.25, 0.3) is 0 Å². The minimum Gasteiger partial charge on any atom is -0.454 e. The van der Waals surface area contributed by atoms with Crippen molar-refractivity contribution >= 4 is 17.9 Å². The minimum absolute atomic E-state index is 0.0551. The lowest BCUT2D eigenvalue weighted by molar-refractivity contribution is -0.166. The van der Waals surface area contributed by atoms with Gasteiger partial charge in [-0.1, -0.05) is 18.7 Å². The van der Waals surface area contributed by atoms with Crippen molar-refractivity contribution in [2.75, 3.05) is 13.2 Å². The first-order valence-electron chi connectivity index (χ1n) is 9.74. The number of aliphatic hydroxyl groups excluding tert-OH is 2. The summed E-state index contributed by atoms with van der Waals surface area (Å²) in [7, 11) is 0. The number of hydrogen-bond donors (Lipinski definition) is 2. The standard InChI is InChI=1S/C22H28O8/c1-5-12(2)21(26)30-20-18-13(3)22(27)29-17(18)9-15(10-23)7-6-8-16(11-24)19(20)28-14(4)25/h5,8-9,17-20,23-24H,3,6-7,10-11H2,1-2,4H3/b12-5-,15-9-,16-8-/t17-,18+,19?,20+/m1/s1. The van der Waals surface area contributed by atoms with E-state index >= 15 is 0 Å². The van der Waals surface area contributed by atoms with Gasteiger partial charge in [0.2, 0.25) is 0 Å². The molecule has 0 aromatic heterocycles. The molecule has 1 heterocycles. The number of fused-ring (bicyclic) bond motifs is 1. The average Bonchev–Trinajstić information content (AvgIpc) is 2.99. The van der Waals surface area contributed by atoms with E-state index in [4.69, 9.17) is 14.2 Å². The van der Waals surface area contributed by atoms with Crippen LogP contribution in [0.25, 0.3) is 0 Å². The fourth-order valence-electron chi connectivity index (χ4n) is 3.48. The highest BCUT2D eigenvalue weighted by atomic mass is 16.6. The van der Waals surface area contributed by atoms with Crippen LogP contribution in [0.15, 0.2) is 47.1 Å². The first-order chi connectivity index (χ1) is 14.2. The lowest BCUT2D eigenvalue weighted by Crippen LogP contribution is -2.45. The fourth-order valence-corrected chi connectivity index (χ4v) is 3.48. The van der Waals surface area contributed by atoms with E-state index in [1.54, 1.807) is 32.1 Å². The highest BCUT2D eigenvalue weighted by Crippen LogP contribution is 2.37. The number of esters is 3. The molecule has 0 aromatic carbocycles. The zero-order valence-corrected chi connectivity index (χ0v) is 17.4. The summed E-state index contributed by atoms with van der Waals surface area (Å²) in [6.07, 6.45) is 2.57. The van der Waals surface area contributed by atoms with Crippen LogP contribution < -0.4 is 0 Å². The Labute approximate surface area is 175 Å². The molecule has 1 unspecified atom stereocenters. The van der Waals surface area contributed by atoms with Crippen molar-refractivity contribution in [3.63, 3.8) is 0 Å². The van der Waals surface area contributed by atoms with Gasteiger partial charge in [0.1, 0.15) is 6.10 Å². The molecular formula is C22H28O8. The van der Waals surface area contributed by atoms with Crippen molar-refractivity contribution in [1.82, 2.24) is 0 Å². The lowest BCUT2D eigenvalue weighted by atomic mass is 9.83. The van der Waals surface area contributed by atoms with Gasteiger partial charge in [-0.2, -0.15) is 0 Å². The number of aliphatic hydroxyl groups is 2. The van der Waals surface area contributed by atoms with Gasteiger partial charge in [0.05, 0.1) is 19.1 Å². The SMILES string of the molecule is C=C1C(=O)O[C@@H]2/C=C(\CO)CC/C=C(/CO)C(OC(C)=O)[C@@H](OC(=O)/C(C)=C\C)[C@@H]12. The molecule has 0 spiro atoms. The molecule has 0 aromatic rings. The van der Waals surface area contributed by atoms with Crippen molar-refractivity contribution in [3.05, 3.63) is 47.1 Å². The molecule has 4 atom stereocenters. The van der Waals surface area contributed by atoms with Gasteiger partial charge in [0.15, 0.2) is 12.2 Å². The van der Waals surface area contributed by atoms with Gasteiger partial charge in [-0.25, -0.2) is 9.59 Å². The first kappa shape index (κ1) is 23.6. The second-order valence-corrected chi connectivity index (χ2v) is 7.25. The Hall–Kier alpha value is -2.71. The van der Waals surface area contributed by atoms with E-state index in [9.17, 15) is 24.6 Å². The molecule has 0 amide bonds. The Bertz CT molecular complexity index is 804. The molecule has 30 heavy (non-hydrogen) atoms. The molecule has 8 heteroatoms. The third-order valence-electron chi connectivity index (χ3n) is 5.23. The Morgan fingerprint density at radius 3 is 2.53 bits per heavy atom. The summed E-state index contributed by atoms with van der Waals surface area (Å²) in [4.78, 5) is 36.7. The summed E-state index contributed by atoms with van der Waals surface area (Å²) in [6, 6.07) is 0. The number of carbonyl (C=O) groups excluding carboxylic acids is 3. The molecule has 164 valence electrons. The van der Waals surface area contributed by atoms with E-state index in [1.165, 1.54) is 6.92 Å². The van der Waals surface area contributed by atoms with Gasteiger partial charge in [-0.3, -0.25) is 4.79 Å². The lowest BCUT2D eigenvalue weighted by Gasteiger charge is -2.33. The Balaban J connectivity index is 2.64. The fraction of sp³-hybridized carbons (Fsp3) is 0.500. The molecule has 1 saturated heterocycles. The van der Waals surface area contributed by atoms with Crippen molar-refractivity contribution in [2.24, 2.45) is 5.92 Å². The molecule has 1 fully saturated rings. The van der Waals surface area contributed by atoms with Crippen molar-refractivity contribution in [3.8, 4) is 0 Å². The van der Waals surface area contributed by atoms with Crippen LogP contribution >= 0.6 is 0 Å². The third kappa shape index (κ3) is 5.25. The molecule has 0 radical (unpaired) electrons. The van der Waals surface area contributed by atoms with Gasteiger partial charge in [-0.05, 0) is 43.9 Å². The summed E-state index contributed by atoms with van der Waals surface area (Å²) < 4.78 is 16.6. The van der Waals surface area contributed by atoms with E-state index in [2.05, 4.69) is 6.58 Å². The number of rotatable bonds is 5. The third-order valence-corrected chi connectivity index (χ3v) is 5.23. The van der Waals surface area contributed by atoms with Crippen molar-refractivity contribution in [1.29, 1.82) is 0 Å². The molecule has 2 aliphatic rings. The summed E-state index contributed by atoms with van der Waals surface area (Å²) in [6.45, 7) is 7.54. The highest BCUT2D eigenvalue weighted by Gasteiger charge is 2.49. The van der Waals surface area contributed by atoms with Gasteiger partial charge >= 0.3 is 17.9 Å². The second-order valence-electron chi connectivity index (χ2n) is 7.25. The van der Waals surface area contributed by atoms with Crippen LogP contribution in [-0.2, 0) is 28.6 Å². The largest absolute Gasteiger partial charge is 0.454 e. The number of hydrogen-bond acceptors (Lipinski definition) is 8. The van der Waals surface area contributed by atoms with Crippen LogP contribution in [-0.4, -0.2) is 59.6 Å². The van der Waals surface area contributed by atoms with Crippen LogP contribution in [0.3, 0.4) is 0 Å². The Morgan fingerprint density at radius 1 is 1.27 bits per heavy atom. The number of allylic oxidation sites excluding steroid dienone is 2. The minimum atomic E-state index is -1.17. The van der Waals surface area contributed by atoms with E-state index in [0.29, 0.717) is 29.6 Å². The van der Waals surface area contributed by atoms with E-state index in [-0.39, 0.29) is 12.2 Å². The van der Waals surface area contributed by atoms with Crippen molar-refractivity contribution < 1.29 is 38.8 Å². The zero-order valence-electron chi connectivity index (χ0n) is 17.4. The molecule has 8 nitrogen and oxygen atoms in total. The van der Waals surface area contributed by atoms with E-state index in [1.807, 2.05) is 0 Å².